The SMILES string of the molecule is Cc1ccc(C(=O)NCc2cncc(-c3cccs3)c2)s1. The molecule has 0 spiro atoms. The summed E-state index contributed by atoms with van der Waals surface area (Å²) in [6.45, 7) is 2.48. The van der Waals surface area contributed by atoms with E-state index in [2.05, 4.69) is 22.4 Å². The minimum atomic E-state index is -0.0328. The quantitative estimate of drug-likeness (QED) is 0.787. The average Bonchev–Trinajstić information content (AvgIpc) is 3.16. The van der Waals surface area contributed by atoms with Gasteiger partial charge in [0.25, 0.3) is 5.91 Å². The molecule has 3 rings (SSSR count). The van der Waals surface area contributed by atoms with Gasteiger partial charge in [0.2, 0.25) is 0 Å². The van der Waals surface area contributed by atoms with Crippen molar-refractivity contribution in [2.24, 2.45) is 0 Å². The largest absolute Gasteiger partial charge is 0.347 e. The molecular weight excluding hydrogens is 300 g/mol. The van der Waals surface area contributed by atoms with Crippen LogP contribution in [-0.4, -0.2) is 10.9 Å². The van der Waals surface area contributed by atoms with E-state index in [-0.39, 0.29) is 5.91 Å². The van der Waals surface area contributed by atoms with E-state index in [0.29, 0.717) is 6.54 Å². The summed E-state index contributed by atoms with van der Waals surface area (Å²) in [5.74, 6) is -0.0328. The highest BCUT2D eigenvalue weighted by molar-refractivity contribution is 7.14. The van der Waals surface area contributed by atoms with Crippen LogP contribution in [0, 0.1) is 6.92 Å². The molecule has 0 fully saturated rings. The number of carbonyl (C=O) groups excluding carboxylic acids is 1. The molecule has 3 aromatic rings. The fourth-order valence-electron chi connectivity index (χ4n) is 1.99. The van der Waals surface area contributed by atoms with E-state index in [1.165, 1.54) is 16.2 Å². The average molecular weight is 314 g/mol. The van der Waals surface area contributed by atoms with Gasteiger partial charge in [-0.25, -0.2) is 0 Å². The van der Waals surface area contributed by atoms with E-state index in [0.717, 1.165) is 20.9 Å². The van der Waals surface area contributed by atoms with Crippen LogP contribution in [0.1, 0.15) is 20.1 Å². The molecule has 0 atom stereocenters. The molecule has 1 amide bonds. The lowest BCUT2D eigenvalue weighted by Gasteiger charge is -2.05. The standard InChI is InChI=1S/C16H14N2OS2/c1-11-4-5-15(21-11)16(19)18-9-12-7-13(10-17-8-12)14-3-2-6-20-14/h2-8,10H,9H2,1H3,(H,18,19). The lowest BCUT2D eigenvalue weighted by Crippen LogP contribution is -2.21. The highest BCUT2D eigenvalue weighted by Gasteiger charge is 2.08. The fourth-order valence-corrected chi connectivity index (χ4v) is 3.48. The van der Waals surface area contributed by atoms with Gasteiger partial charge in [-0.2, -0.15) is 0 Å². The number of nitrogens with zero attached hydrogens (tertiary/aromatic N) is 1. The Hall–Kier alpha value is -1.98. The molecule has 0 bridgehead atoms. The summed E-state index contributed by atoms with van der Waals surface area (Å²) >= 11 is 3.19. The number of amides is 1. The van der Waals surface area contributed by atoms with Crippen molar-refractivity contribution in [1.29, 1.82) is 0 Å². The Morgan fingerprint density at radius 1 is 1.29 bits per heavy atom. The summed E-state index contributed by atoms with van der Waals surface area (Å²) in [4.78, 5) is 19.3. The lowest BCUT2D eigenvalue weighted by atomic mass is 10.2. The second-order valence-electron chi connectivity index (χ2n) is 4.65. The fraction of sp³-hybridized carbons (Fsp3) is 0.125. The van der Waals surface area contributed by atoms with Gasteiger partial charge in [-0.15, -0.1) is 22.7 Å². The van der Waals surface area contributed by atoms with E-state index in [4.69, 9.17) is 0 Å². The van der Waals surface area contributed by atoms with Crippen molar-refractivity contribution in [2.45, 2.75) is 13.5 Å². The number of aryl methyl sites for hydroxylation is 1. The molecule has 21 heavy (non-hydrogen) atoms. The Morgan fingerprint density at radius 2 is 2.19 bits per heavy atom. The highest BCUT2D eigenvalue weighted by atomic mass is 32.1. The van der Waals surface area contributed by atoms with Gasteiger partial charge in [0.1, 0.15) is 0 Å². The first-order chi connectivity index (χ1) is 10.2. The first-order valence-corrected chi connectivity index (χ1v) is 8.24. The van der Waals surface area contributed by atoms with E-state index in [1.807, 2.05) is 36.7 Å². The van der Waals surface area contributed by atoms with Crippen molar-refractivity contribution >= 4 is 28.6 Å². The molecule has 0 aliphatic rings. The maximum absolute atomic E-state index is 12.0. The Labute approximate surface area is 131 Å². The molecule has 3 heterocycles. The summed E-state index contributed by atoms with van der Waals surface area (Å²) in [6, 6.07) is 9.97. The zero-order chi connectivity index (χ0) is 14.7. The van der Waals surface area contributed by atoms with Crippen molar-refractivity contribution in [3.05, 3.63) is 63.4 Å². The maximum atomic E-state index is 12.0. The predicted molar refractivity (Wildman–Crippen MR) is 87.8 cm³/mol. The van der Waals surface area contributed by atoms with Crippen LogP contribution in [0.3, 0.4) is 0 Å². The molecule has 0 saturated carbocycles. The Kier molecular flexibility index (Phi) is 4.13. The van der Waals surface area contributed by atoms with E-state index in [1.54, 1.807) is 17.5 Å². The Balaban J connectivity index is 1.68. The zero-order valence-electron chi connectivity index (χ0n) is 11.5. The normalized spacial score (nSPS) is 10.5. The van der Waals surface area contributed by atoms with Crippen molar-refractivity contribution in [1.82, 2.24) is 10.3 Å². The highest BCUT2D eigenvalue weighted by Crippen LogP contribution is 2.24. The van der Waals surface area contributed by atoms with Gasteiger partial charge in [-0.3, -0.25) is 9.78 Å². The van der Waals surface area contributed by atoms with Gasteiger partial charge >= 0.3 is 0 Å². The van der Waals surface area contributed by atoms with Crippen molar-refractivity contribution in [3.8, 4) is 10.4 Å². The first-order valence-electron chi connectivity index (χ1n) is 6.55. The minimum Gasteiger partial charge on any atom is -0.347 e. The van der Waals surface area contributed by atoms with Crippen LogP contribution >= 0.6 is 22.7 Å². The molecule has 0 aliphatic heterocycles. The molecule has 3 nitrogen and oxygen atoms in total. The molecule has 1 N–H and O–H groups in total. The van der Waals surface area contributed by atoms with E-state index < -0.39 is 0 Å². The molecule has 3 aromatic heterocycles. The van der Waals surface area contributed by atoms with Crippen LogP contribution < -0.4 is 5.32 Å². The van der Waals surface area contributed by atoms with Crippen LogP contribution in [0.5, 0.6) is 0 Å². The molecule has 106 valence electrons. The van der Waals surface area contributed by atoms with Crippen molar-refractivity contribution < 1.29 is 4.79 Å². The summed E-state index contributed by atoms with van der Waals surface area (Å²) < 4.78 is 0. The van der Waals surface area contributed by atoms with Gasteiger partial charge in [0.15, 0.2) is 0 Å². The third-order valence-electron chi connectivity index (χ3n) is 3.02. The molecule has 0 unspecified atom stereocenters. The summed E-state index contributed by atoms with van der Waals surface area (Å²) in [6.07, 6.45) is 3.64. The third kappa shape index (κ3) is 3.37. The second kappa shape index (κ2) is 6.20. The second-order valence-corrected chi connectivity index (χ2v) is 6.89. The number of nitrogens with one attached hydrogen (secondary N) is 1. The van der Waals surface area contributed by atoms with Gasteiger partial charge < -0.3 is 5.32 Å². The van der Waals surface area contributed by atoms with Crippen LogP contribution in [0.4, 0.5) is 0 Å². The molecule has 0 saturated heterocycles. The molecular formula is C16H14N2OS2. The number of rotatable bonds is 4. The number of carbonyl (C=O) groups is 1. The minimum absolute atomic E-state index is 0.0328. The third-order valence-corrected chi connectivity index (χ3v) is 4.94. The maximum Gasteiger partial charge on any atom is 0.261 e. The number of aromatic nitrogens is 1. The van der Waals surface area contributed by atoms with Crippen LogP contribution in [0.2, 0.25) is 0 Å². The molecule has 0 aliphatic carbocycles. The number of hydrogen-bond donors (Lipinski definition) is 1. The monoisotopic (exact) mass is 314 g/mol. The number of pyridine rings is 1. The molecule has 0 aromatic carbocycles. The topological polar surface area (TPSA) is 42.0 Å². The van der Waals surface area contributed by atoms with E-state index in [9.17, 15) is 4.79 Å². The first kappa shape index (κ1) is 14.0. The Morgan fingerprint density at radius 3 is 2.90 bits per heavy atom. The van der Waals surface area contributed by atoms with Gasteiger partial charge in [-0.1, -0.05) is 6.07 Å². The molecule has 0 radical (unpaired) electrons. The predicted octanol–water partition coefficient (Wildman–Crippen LogP) is 4.11. The van der Waals surface area contributed by atoms with Crippen molar-refractivity contribution in [3.63, 3.8) is 0 Å². The van der Waals surface area contributed by atoms with Crippen LogP contribution in [0.25, 0.3) is 10.4 Å². The van der Waals surface area contributed by atoms with E-state index >= 15 is 0 Å². The van der Waals surface area contributed by atoms with Gasteiger partial charge in [-0.05, 0) is 42.1 Å². The molecule has 5 heteroatoms. The summed E-state index contributed by atoms with van der Waals surface area (Å²) in [5, 5.41) is 4.98. The van der Waals surface area contributed by atoms with Crippen LogP contribution in [0.15, 0.2) is 48.1 Å². The zero-order valence-corrected chi connectivity index (χ0v) is 13.1. The summed E-state index contributed by atoms with van der Waals surface area (Å²) in [5.41, 5.74) is 2.09. The number of thiophene rings is 2. The Bertz CT molecular complexity index is 747. The number of hydrogen-bond acceptors (Lipinski definition) is 4. The van der Waals surface area contributed by atoms with Gasteiger partial charge in [0.05, 0.1) is 4.88 Å². The van der Waals surface area contributed by atoms with Crippen LogP contribution in [-0.2, 0) is 6.54 Å². The van der Waals surface area contributed by atoms with Gasteiger partial charge in [0, 0.05) is 34.3 Å². The summed E-state index contributed by atoms with van der Waals surface area (Å²) in [7, 11) is 0. The smallest absolute Gasteiger partial charge is 0.261 e. The van der Waals surface area contributed by atoms with Crippen molar-refractivity contribution in [2.75, 3.05) is 0 Å². The lowest BCUT2D eigenvalue weighted by molar-refractivity contribution is 0.0955.